The second-order valence-corrected chi connectivity index (χ2v) is 5.91. The quantitative estimate of drug-likeness (QED) is 0.906. The minimum absolute atomic E-state index is 0. The molecule has 1 saturated heterocycles. The Bertz CT molecular complexity index is 649. The predicted molar refractivity (Wildman–Crippen MR) is 101 cm³/mol. The maximum Gasteiger partial charge on any atom is 0.255 e. The Morgan fingerprint density at radius 3 is 2.46 bits per heavy atom. The summed E-state index contributed by atoms with van der Waals surface area (Å²) in [5.41, 5.74) is 8.76. The van der Waals surface area contributed by atoms with Gasteiger partial charge in [-0.3, -0.25) is 9.78 Å². The zero-order valence-corrected chi connectivity index (χ0v) is 15.2. The van der Waals surface area contributed by atoms with Crippen LogP contribution in [0, 0.1) is 12.8 Å². The molecule has 0 unspecified atom stereocenters. The van der Waals surface area contributed by atoms with E-state index < -0.39 is 0 Å². The van der Waals surface area contributed by atoms with Gasteiger partial charge < -0.3 is 10.6 Å². The first-order valence-corrected chi connectivity index (χ1v) is 7.66. The Morgan fingerprint density at radius 1 is 1.17 bits per heavy atom. The molecule has 1 aliphatic rings. The number of benzene rings is 1. The molecule has 1 fully saturated rings. The molecule has 1 aromatic carbocycles. The van der Waals surface area contributed by atoms with Gasteiger partial charge in [-0.15, -0.1) is 24.8 Å². The fraction of sp³-hybridized carbons (Fsp3) is 0.333. The molecular formula is C18H23Cl2N3O. The van der Waals surface area contributed by atoms with Gasteiger partial charge in [-0.1, -0.05) is 30.3 Å². The topological polar surface area (TPSA) is 59.2 Å². The maximum absolute atomic E-state index is 12.6. The van der Waals surface area contributed by atoms with Crippen LogP contribution in [0.2, 0.25) is 0 Å². The van der Waals surface area contributed by atoms with E-state index in [2.05, 4.69) is 17.1 Å². The van der Waals surface area contributed by atoms with Gasteiger partial charge in [0.25, 0.3) is 5.91 Å². The fourth-order valence-corrected chi connectivity index (χ4v) is 3.13. The number of amides is 1. The van der Waals surface area contributed by atoms with Gasteiger partial charge in [0.15, 0.2) is 0 Å². The summed E-state index contributed by atoms with van der Waals surface area (Å²) in [6, 6.07) is 14.0. The zero-order valence-electron chi connectivity index (χ0n) is 13.6. The van der Waals surface area contributed by atoms with Crippen molar-refractivity contribution in [3.8, 4) is 0 Å². The Kier molecular flexibility index (Phi) is 7.67. The highest BCUT2D eigenvalue weighted by molar-refractivity contribution is 5.94. The number of carbonyl (C=O) groups is 1. The van der Waals surface area contributed by atoms with Gasteiger partial charge in [0, 0.05) is 30.9 Å². The van der Waals surface area contributed by atoms with Crippen molar-refractivity contribution in [3.05, 3.63) is 65.5 Å². The molecule has 1 aromatic heterocycles. The van der Waals surface area contributed by atoms with E-state index in [1.807, 2.05) is 42.2 Å². The normalized spacial score (nSPS) is 19.3. The monoisotopic (exact) mass is 367 g/mol. The van der Waals surface area contributed by atoms with Gasteiger partial charge in [-0.2, -0.15) is 0 Å². The number of aromatic nitrogens is 1. The molecule has 2 aromatic rings. The first kappa shape index (κ1) is 20.4. The van der Waals surface area contributed by atoms with E-state index in [0.29, 0.717) is 30.5 Å². The average Bonchev–Trinajstić information content (AvgIpc) is 3.00. The molecule has 0 spiro atoms. The van der Waals surface area contributed by atoms with E-state index >= 15 is 0 Å². The molecule has 6 heteroatoms. The third-order valence-electron chi connectivity index (χ3n) is 4.42. The number of hydrogen-bond acceptors (Lipinski definition) is 3. The molecule has 3 rings (SSSR count). The average molecular weight is 368 g/mol. The van der Waals surface area contributed by atoms with E-state index in [0.717, 1.165) is 12.2 Å². The Morgan fingerprint density at radius 2 is 1.88 bits per heavy atom. The van der Waals surface area contributed by atoms with Gasteiger partial charge in [-0.05, 0) is 37.1 Å². The van der Waals surface area contributed by atoms with Crippen molar-refractivity contribution in [1.82, 2.24) is 9.88 Å². The number of aryl methyl sites for hydroxylation is 1. The van der Waals surface area contributed by atoms with Crippen LogP contribution < -0.4 is 5.73 Å². The SMILES string of the molecule is Cc1ccc(C(=O)N2C[C@@H](CN)[C@H](c3ccccc3)C2)cn1.Cl.Cl. The van der Waals surface area contributed by atoms with Gasteiger partial charge in [0.05, 0.1) is 5.56 Å². The second kappa shape index (κ2) is 9.02. The van der Waals surface area contributed by atoms with E-state index in [4.69, 9.17) is 5.73 Å². The molecule has 0 aliphatic carbocycles. The molecule has 2 atom stereocenters. The van der Waals surface area contributed by atoms with Crippen molar-refractivity contribution in [2.75, 3.05) is 19.6 Å². The lowest BCUT2D eigenvalue weighted by molar-refractivity contribution is 0.0786. The number of pyridine rings is 1. The highest BCUT2D eigenvalue weighted by atomic mass is 35.5. The summed E-state index contributed by atoms with van der Waals surface area (Å²) >= 11 is 0. The van der Waals surface area contributed by atoms with Crippen LogP contribution in [0.1, 0.15) is 27.5 Å². The number of halogens is 2. The second-order valence-electron chi connectivity index (χ2n) is 5.91. The third kappa shape index (κ3) is 4.26. The summed E-state index contributed by atoms with van der Waals surface area (Å²) in [6.07, 6.45) is 1.66. The van der Waals surface area contributed by atoms with Crippen molar-refractivity contribution in [1.29, 1.82) is 0 Å². The molecule has 1 aliphatic heterocycles. The van der Waals surface area contributed by atoms with Crippen molar-refractivity contribution >= 4 is 30.7 Å². The van der Waals surface area contributed by atoms with Crippen LogP contribution in [0.4, 0.5) is 0 Å². The minimum Gasteiger partial charge on any atom is -0.338 e. The number of nitrogens with two attached hydrogens (primary N) is 1. The molecule has 0 bridgehead atoms. The Hall–Kier alpha value is -1.62. The van der Waals surface area contributed by atoms with E-state index in [9.17, 15) is 4.79 Å². The molecule has 24 heavy (non-hydrogen) atoms. The van der Waals surface area contributed by atoms with E-state index in [1.165, 1.54) is 5.56 Å². The number of carbonyl (C=O) groups excluding carboxylic acids is 1. The van der Waals surface area contributed by atoms with Crippen LogP contribution >= 0.6 is 24.8 Å². The summed E-state index contributed by atoms with van der Waals surface area (Å²) in [6.45, 7) is 3.94. The predicted octanol–water partition coefficient (Wildman–Crippen LogP) is 3.05. The number of rotatable bonds is 3. The smallest absolute Gasteiger partial charge is 0.255 e. The summed E-state index contributed by atoms with van der Waals surface area (Å²) < 4.78 is 0. The lowest BCUT2D eigenvalue weighted by Crippen LogP contribution is -2.29. The van der Waals surface area contributed by atoms with E-state index in [-0.39, 0.29) is 30.7 Å². The fourth-order valence-electron chi connectivity index (χ4n) is 3.13. The molecule has 2 heterocycles. The molecule has 1 amide bonds. The van der Waals surface area contributed by atoms with Crippen molar-refractivity contribution < 1.29 is 4.79 Å². The molecule has 4 nitrogen and oxygen atoms in total. The molecule has 0 saturated carbocycles. The summed E-state index contributed by atoms with van der Waals surface area (Å²) in [7, 11) is 0. The zero-order chi connectivity index (χ0) is 15.5. The maximum atomic E-state index is 12.6. The highest BCUT2D eigenvalue weighted by Crippen LogP contribution is 2.32. The highest BCUT2D eigenvalue weighted by Gasteiger charge is 2.35. The van der Waals surface area contributed by atoms with Crippen molar-refractivity contribution in [2.45, 2.75) is 12.8 Å². The Balaban J connectivity index is 0.00000144. The number of hydrogen-bond donors (Lipinski definition) is 1. The Labute approximate surface area is 155 Å². The molecule has 2 N–H and O–H groups in total. The minimum atomic E-state index is 0. The third-order valence-corrected chi connectivity index (χ3v) is 4.42. The summed E-state index contributed by atoms with van der Waals surface area (Å²) in [4.78, 5) is 18.8. The lowest BCUT2D eigenvalue weighted by atomic mass is 9.89. The van der Waals surface area contributed by atoms with Crippen LogP contribution in [0.5, 0.6) is 0 Å². The number of likely N-dealkylation sites (tertiary alicyclic amines) is 1. The molecule has 130 valence electrons. The van der Waals surface area contributed by atoms with E-state index in [1.54, 1.807) is 6.20 Å². The van der Waals surface area contributed by atoms with Crippen LogP contribution in [0.15, 0.2) is 48.7 Å². The van der Waals surface area contributed by atoms with Gasteiger partial charge in [-0.25, -0.2) is 0 Å². The summed E-state index contributed by atoms with van der Waals surface area (Å²) in [5.74, 6) is 0.669. The largest absolute Gasteiger partial charge is 0.338 e. The van der Waals surface area contributed by atoms with Gasteiger partial charge in [0.1, 0.15) is 0 Å². The van der Waals surface area contributed by atoms with Crippen LogP contribution in [-0.2, 0) is 0 Å². The first-order chi connectivity index (χ1) is 10.7. The summed E-state index contributed by atoms with van der Waals surface area (Å²) in [5, 5.41) is 0. The molecular weight excluding hydrogens is 345 g/mol. The van der Waals surface area contributed by atoms with Crippen molar-refractivity contribution in [2.24, 2.45) is 11.7 Å². The van der Waals surface area contributed by atoms with Crippen molar-refractivity contribution in [3.63, 3.8) is 0 Å². The van der Waals surface area contributed by atoms with Gasteiger partial charge in [0.2, 0.25) is 0 Å². The first-order valence-electron chi connectivity index (χ1n) is 7.66. The number of nitrogens with zero attached hydrogens (tertiary/aromatic N) is 2. The standard InChI is InChI=1S/C18H21N3O.2ClH/c1-13-7-8-15(10-20-13)18(22)21-11-16(9-19)17(12-21)14-5-3-2-4-6-14;;/h2-8,10,16-17H,9,11-12,19H2,1H3;2*1H/t16-,17+;;/m1../s1. The lowest BCUT2D eigenvalue weighted by Gasteiger charge is -2.16. The van der Waals surface area contributed by atoms with Crippen LogP contribution in [0.3, 0.4) is 0 Å². The molecule has 0 radical (unpaired) electrons. The van der Waals surface area contributed by atoms with Gasteiger partial charge >= 0.3 is 0 Å². The van der Waals surface area contributed by atoms with Crippen LogP contribution in [-0.4, -0.2) is 35.4 Å². The van der Waals surface area contributed by atoms with Crippen LogP contribution in [0.25, 0.3) is 0 Å².